The highest BCUT2D eigenvalue weighted by atomic mass is 32.2. The molecule has 0 unspecified atom stereocenters. The van der Waals surface area contributed by atoms with Crippen LogP contribution in [0.1, 0.15) is 79.3 Å². The van der Waals surface area contributed by atoms with Crippen LogP contribution >= 0.6 is 0 Å². The van der Waals surface area contributed by atoms with E-state index in [1.165, 1.54) is 34.2 Å². The molecule has 8 nitrogen and oxygen atoms in total. The number of ether oxygens (including phenoxy) is 1. The van der Waals surface area contributed by atoms with E-state index in [0.29, 0.717) is 42.9 Å². The predicted octanol–water partition coefficient (Wildman–Crippen LogP) is 4.11. The number of sulfonamides is 1. The Balaban J connectivity index is 1.16. The number of aryl methyl sites for hydroxylation is 1. The average molecular weight is 553 g/mol. The van der Waals surface area contributed by atoms with E-state index in [9.17, 15) is 23.1 Å². The molecule has 208 valence electrons. The zero-order valence-corrected chi connectivity index (χ0v) is 23.0. The monoisotopic (exact) mass is 552 g/mol. The van der Waals surface area contributed by atoms with Crippen molar-refractivity contribution >= 4 is 21.9 Å². The van der Waals surface area contributed by atoms with Gasteiger partial charge in [0.15, 0.2) is 0 Å². The van der Waals surface area contributed by atoms with E-state index in [0.717, 1.165) is 38.5 Å². The first-order valence-corrected chi connectivity index (χ1v) is 15.6. The number of hydrogen-bond donors (Lipinski definition) is 2. The minimum absolute atomic E-state index is 0.0947. The number of primary sulfonamides is 1. The molecule has 4 aliphatic rings. The van der Waals surface area contributed by atoms with Gasteiger partial charge in [-0.15, -0.1) is 0 Å². The van der Waals surface area contributed by atoms with Crippen LogP contribution in [-0.4, -0.2) is 49.0 Å². The van der Waals surface area contributed by atoms with Crippen LogP contribution in [-0.2, 0) is 26.0 Å². The number of fused-ring (bicyclic) bond motifs is 5. The van der Waals surface area contributed by atoms with Crippen molar-refractivity contribution < 1.29 is 27.9 Å². The van der Waals surface area contributed by atoms with Crippen molar-refractivity contribution in [1.82, 2.24) is 4.90 Å². The molecule has 3 fully saturated rings. The molecular formula is C30H36N2O6S. The molecule has 1 aliphatic heterocycles. The van der Waals surface area contributed by atoms with Crippen molar-refractivity contribution in [2.24, 2.45) is 22.4 Å². The molecule has 6 rings (SSSR count). The molecule has 3 N–H and O–H groups in total. The van der Waals surface area contributed by atoms with Crippen molar-refractivity contribution in [3.05, 3.63) is 59.2 Å². The Bertz CT molecular complexity index is 1420. The number of phenolic OH excluding ortho intramolecular Hbond substituents is 1. The van der Waals surface area contributed by atoms with Crippen LogP contribution in [0.15, 0.2) is 47.4 Å². The van der Waals surface area contributed by atoms with Crippen molar-refractivity contribution in [3.63, 3.8) is 0 Å². The fourth-order valence-electron chi connectivity index (χ4n) is 8.16. The molecule has 1 heterocycles. The molecule has 6 atom stereocenters. The Morgan fingerprint density at radius 3 is 2.69 bits per heavy atom. The van der Waals surface area contributed by atoms with Crippen LogP contribution < -0.4 is 5.14 Å². The molecule has 3 aliphatic carbocycles. The first-order valence-electron chi connectivity index (χ1n) is 14.0. The minimum Gasteiger partial charge on any atom is -0.508 e. The lowest BCUT2D eigenvalue weighted by Crippen LogP contribution is -2.47. The molecule has 2 aromatic rings. The second kappa shape index (κ2) is 9.63. The lowest BCUT2D eigenvalue weighted by molar-refractivity contribution is -0.162. The summed E-state index contributed by atoms with van der Waals surface area (Å²) in [5.41, 5.74) is 2.74. The summed E-state index contributed by atoms with van der Waals surface area (Å²) < 4.78 is 29.8. The maximum Gasteiger partial charge on any atom is 0.329 e. The van der Waals surface area contributed by atoms with Crippen molar-refractivity contribution in [2.75, 3.05) is 6.54 Å². The number of rotatable bonds is 4. The van der Waals surface area contributed by atoms with Crippen LogP contribution in [0, 0.1) is 17.3 Å². The number of phenols is 1. The van der Waals surface area contributed by atoms with Crippen LogP contribution in [0.3, 0.4) is 0 Å². The number of likely N-dealkylation sites (tertiary alicyclic amines) is 1. The maximum atomic E-state index is 13.5. The quantitative estimate of drug-likeness (QED) is 0.550. The van der Waals surface area contributed by atoms with E-state index in [2.05, 4.69) is 13.0 Å². The van der Waals surface area contributed by atoms with E-state index < -0.39 is 16.1 Å². The third-order valence-electron chi connectivity index (χ3n) is 10.1. The zero-order valence-electron chi connectivity index (χ0n) is 22.2. The number of amides is 1. The summed E-state index contributed by atoms with van der Waals surface area (Å²) in [6.07, 6.45) is 6.96. The lowest BCUT2D eigenvalue weighted by atomic mass is 9.55. The molecular weight excluding hydrogens is 516 g/mol. The number of hydrogen-bond acceptors (Lipinski definition) is 6. The minimum atomic E-state index is -3.95. The number of carbonyl (C=O) groups excluding carboxylic acids is 2. The van der Waals surface area contributed by atoms with Gasteiger partial charge in [-0.05, 0) is 111 Å². The smallest absolute Gasteiger partial charge is 0.329 e. The third-order valence-corrected chi connectivity index (χ3v) is 11.0. The first-order chi connectivity index (χ1) is 18.6. The summed E-state index contributed by atoms with van der Waals surface area (Å²) >= 11 is 0. The molecule has 0 radical (unpaired) electrons. The number of benzene rings is 2. The van der Waals surface area contributed by atoms with Crippen LogP contribution in [0.4, 0.5) is 0 Å². The fraction of sp³-hybridized carbons (Fsp3) is 0.533. The van der Waals surface area contributed by atoms with Crippen molar-refractivity contribution in [2.45, 2.75) is 81.2 Å². The third kappa shape index (κ3) is 4.53. The van der Waals surface area contributed by atoms with Crippen LogP contribution in [0.2, 0.25) is 0 Å². The Morgan fingerprint density at radius 1 is 1.08 bits per heavy atom. The molecule has 0 aromatic heterocycles. The van der Waals surface area contributed by atoms with Gasteiger partial charge in [0.2, 0.25) is 10.0 Å². The second-order valence-electron chi connectivity index (χ2n) is 12.1. The summed E-state index contributed by atoms with van der Waals surface area (Å²) in [5.74, 6) is 1.08. The number of esters is 1. The predicted molar refractivity (Wildman–Crippen MR) is 144 cm³/mol. The first kappa shape index (κ1) is 26.3. The number of nitrogens with two attached hydrogens (primary N) is 1. The Kier molecular flexibility index (Phi) is 6.50. The topological polar surface area (TPSA) is 127 Å². The highest BCUT2D eigenvalue weighted by molar-refractivity contribution is 7.89. The normalized spacial score (nSPS) is 31.7. The Labute approximate surface area is 229 Å². The van der Waals surface area contributed by atoms with Gasteiger partial charge in [0.25, 0.3) is 5.91 Å². The number of carbonyl (C=O) groups is 2. The summed E-state index contributed by atoms with van der Waals surface area (Å²) in [7, 11) is -3.95. The SMILES string of the molecule is C[C@]12CC[C@@H]3c4ccc(O)cc4CC[C@H]3[C@@H]1CC[C@@H]2OC(=O)[C@@H]1CCCN1C(=O)c1cccc(S(N)(=O)=O)c1. The van der Waals surface area contributed by atoms with E-state index in [1.54, 1.807) is 12.1 Å². The Morgan fingerprint density at radius 2 is 1.90 bits per heavy atom. The molecule has 39 heavy (non-hydrogen) atoms. The van der Waals surface area contributed by atoms with Crippen LogP contribution in [0.25, 0.3) is 0 Å². The van der Waals surface area contributed by atoms with Gasteiger partial charge in [0.1, 0.15) is 17.9 Å². The Hall–Kier alpha value is -2.91. The second-order valence-corrected chi connectivity index (χ2v) is 13.6. The highest BCUT2D eigenvalue weighted by Crippen LogP contribution is 2.61. The van der Waals surface area contributed by atoms with Gasteiger partial charge in [-0.1, -0.05) is 19.1 Å². The zero-order chi connectivity index (χ0) is 27.5. The largest absolute Gasteiger partial charge is 0.508 e. The summed E-state index contributed by atoms with van der Waals surface area (Å²) in [5, 5.41) is 15.2. The van der Waals surface area contributed by atoms with E-state index in [-0.39, 0.29) is 33.9 Å². The lowest BCUT2D eigenvalue weighted by Gasteiger charge is -2.50. The molecule has 2 aromatic carbocycles. The van der Waals surface area contributed by atoms with Crippen LogP contribution in [0.5, 0.6) is 5.75 Å². The summed E-state index contributed by atoms with van der Waals surface area (Å²) in [6, 6.07) is 10.8. The standard InChI is InChI=1S/C30H36N2O6S/c1-30-14-13-23-22-10-8-20(33)16-18(22)7-9-24(23)25(30)11-12-27(30)38-29(35)26-6-3-15-32(26)28(34)19-4-2-5-21(17-19)39(31,36)37/h2,4-5,8,10,16-17,23-27,33H,3,6-7,9,11-15H2,1H3,(H2,31,36,37)/t23-,24-,25+,26+,27+,30+/m1/s1. The van der Waals surface area contributed by atoms with Gasteiger partial charge in [0.05, 0.1) is 4.90 Å². The molecule has 2 saturated carbocycles. The number of aromatic hydroxyl groups is 1. The van der Waals surface area contributed by atoms with Gasteiger partial charge < -0.3 is 14.7 Å². The average Bonchev–Trinajstić information content (AvgIpc) is 3.52. The summed E-state index contributed by atoms with van der Waals surface area (Å²) in [4.78, 5) is 28.2. The van der Waals surface area contributed by atoms with Gasteiger partial charge in [-0.3, -0.25) is 4.79 Å². The van der Waals surface area contributed by atoms with E-state index in [4.69, 9.17) is 9.88 Å². The van der Waals surface area contributed by atoms with Gasteiger partial charge >= 0.3 is 5.97 Å². The molecule has 0 spiro atoms. The van der Waals surface area contributed by atoms with E-state index in [1.807, 2.05) is 6.07 Å². The van der Waals surface area contributed by atoms with E-state index >= 15 is 0 Å². The molecule has 1 saturated heterocycles. The molecule has 1 amide bonds. The highest BCUT2D eigenvalue weighted by Gasteiger charge is 2.56. The van der Waals surface area contributed by atoms with Gasteiger partial charge in [-0.25, -0.2) is 18.4 Å². The van der Waals surface area contributed by atoms with Crippen molar-refractivity contribution in [3.8, 4) is 5.75 Å². The van der Waals surface area contributed by atoms with Gasteiger partial charge in [-0.2, -0.15) is 0 Å². The molecule has 0 bridgehead atoms. The number of nitrogens with zero attached hydrogens (tertiary/aromatic N) is 1. The van der Waals surface area contributed by atoms with Gasteiger partial charge in [0, 0.05) is 17.5 Å². The maximum absolute atomic E-state index is 13.5. The molecule has 9 heteroatoms. The van der Waals surface area contributed by atoms with Crippen molar-refractivity contribution in [1.29, 1.82) is 0 Å². The fourth-order valence-corrected chi connectivity index (χ4v) is 8.72. The summed E-state index contributed by atoms with van der Waals surface area (Å²) in [6.45, 7) is 2.70.